The number of imide groups is 1. The van der Waals surface area contributed by atoms with Crippen molar-refractivity contribution in [3.63, 3.8) is 0 Å². The van der Waals surface area contributed by atoms with Crippen molar-refractivity contribution in [2.45, 2.75) is 26.8 Å². The van der Waals surface area contributed by atoms with Gasteiger partial charge < -0.3 is 10.2 Å². The average Bonchev–Trinajstić information content (AvgIpc) is 2.42. The highest BCUT2D eigenvalue weighted by molar-refractivity contribution is 5.96. The van der Waals surface area contributed by atoms with Gasteiger partial charge in [0.25, 0.3) is 0 Å². The third kappa shape index (κ3) is 7.46. The second kappa shape index (κ2) is 9.13. The highest BCUT2D eigenvalue weighted by Crippen LogP contribution is 2.12. The van der Waals surface area contributed by atoms with E-state index < -0.39 is 5.92 Å². The summed E-state index contributed by atoms with van der Waals surface area (Å²) in [5, 5.41) is 5.41. The fourth-order valence-corrected chi connectivity index (χ4v) is 1.54. The van der Waals surface area contributed by atoms with E-state index >= 15 is 0 Å². The predicted octanol–water partition coefficient (Wildman–Crippen LogP) is 1.45. The molecule has 2 amide bonds. The van der Waals surface area contributed by atoms with Gasteiger partial charge in [0.2, 0.25) is 11.8 Å². The van der Waals surface area contributed by atoms with Gasteiger partial charge in [0.1, 0.15) is 0 Å². The summed E-state index contributed by atoms with van der Waals surface area (Å²) in [5.74, 6) is -1.17. The molecule has 118 valence electrons. The van der Waals surface area contributed by atoms with Gasteiger partial charge in [0, 0.05) is 32.3 Å². The van der Waals surface area contributed by atoms with E-state index in [0.717, 1.165) is 12.2 Å². The number of likely N-dealkylation sites (N-methyl/N-ethyl adjacent to an activating group) is 2. The van der Waals surface area contributed by atoms with Gasteiger partial charge in [-0.15, -0.1) is 0 Å². The van der Waals surface area contributed by atoms with E-state index in [2.05, 4.69) is 30.7 Å². The normalized spacial score (nSPS) is 13.6. The number of hydrogen-bond donors (Lipinski definition) is 2. The van der Waals surface area contributed by atoms with Crippen molar-refractivity contribution in [3.8, 4) is 0 Å². The number of amides is 2. The van der Waals surface area contributed by atoms with Crippen molar-refractivity contribution < 1.29 is 9.59 Å². The van der Waals surface area contributed by atoms with Crippen molar-refractivity contribution in [2.24, 2.45) is 5.92 Å². The molecule has 0 saturated carbocycles. The monoisotopic (exact) mass is 293 g/mol. The molecule has 0 aromatic heterocycles. The van der Waals surface area contributed by atoms with Gasteiger partial charge in [0.05, 0.1) is 5.92 Å². The van der Waals surface area contributed by atoms with E-state index in [1.54, 1.807) is 13.0 Å². The Morgan fingerprint density at radius 3 is 2.29 bits per heavy atom. The molecular weight excluding hydrogens is 266 g/mol. The Bertz CT molecular complexity index is 441. The number of carbonyl (C=O) groups excluding carboxylic acids is 2. The topological polar surface area (TPSA) is 61.4 Å². The fourth-order valence-electron chi connectivity index (χ4n) is 1.54. The molecule has 5 nitrogen and oxygen atoms in total. The largest absolute Gasteiger partial charge is 0.374 e. The molecule has 0 saturated heterocycles. The summed E-state index contributed by atoms with van der Waals surface area (Å²) in [4.78, 5) is 24.6. The zero-order chi connectivity index (χ0) is 16.6. The van der Waals surface area contributed by atoms with Crippen molar-refractivity contribution in [3.05, 3.63) is 36.6 Å². The number of hydrogen-bond acceptors (Lipinski definition) is 4. The predicted molar refractivity (Wildman–Crippen MR) is 86.6 cm³/mol. The molecule has 0 radical (unpaired) electrons. The van der Waals surface area contributed by atoms with Gasteiger partial charge in [-0.2, -0.15) is 0 Å². The Morgan fingerprint density at radius 2 is 1.81 bits per heavy atom. The van der Waals surface area contributed by atoms with E-state index in [9.17, 15) is 9.59 Å². The van der Waals surface area contributed by atoms with Crippen LogP contribution < -0.4 is 10.6 Å². The van der Waals surface area contributed by atoms with Gasteiger partial charge in [-0.05, 0) is 32.5 Å². The van der Waals surface area contributed by atoms with E-state index in [1.807, 2.05) is 25.1 Å². The Kier molecular flexibility index (Phi) is 8.31. The summed E-state index contributed by atoms with van der Waals surface area (Å²) >= 11 is 0. The van der Waals surface area contributed by atoms with Crippen LogP contribution in [0.3, 0.4) is 0 Å². The van der Waals surface area contributed by atoms with Gasteiger partial charge in [-0.3, -0.25) is 14.9 Å². The first-order valence-corrected chi connectivity index (χ1v) is 6.94. The third-order valence-electron chi connectivity index (χ3n) is 3.27. The Hall–Kier alpha value is -1.88. The summed E-state index contributed by atoms with van der Waals surface area (Å²) in [6, 6.07) is 0.351. The molecule has 0 spiro atoms. The molecule has 0 aliphatic heterocycles. The quantitative estimate of drug-likeness (QED) is 0.665. The van der Waals surface area contributed by atoms with Crippen LogP contribution in [0, 0.1) is 5.92 Å². The molecule has 2 N–H and O–H groups in total. The van der Waals surface area contributed by atoms with Crippen LogP contribution >= 0.6 is 0 Å². The molecule has 0 aliphatic rings. The van der Waals surface area contributed by atoms with Gasteiger partial charge in [-0.25, -0.2) is 0 Å². The molecule has 0 heterocycles. The first-order chi connectivity index (χ1) is 9.68. The summed E-state index contributed by atoms with van der Waals surface area (Å²) in [6.07, 6.45) is 3.58. The highest BCUT2D eigenvalue weighted by atomic mass is 16.2. The molecule has 0 aliphatic carbocycles. The van der Waals surface area contributed by atoms with Crippen molar-refractivity contribution >= 4 is 11.8 Å². The lowest BCUT2D eigenvalue weighted by Crippen LogP contribution is -2.34. The zero-order valence-electron chi connectivity index (χ0n) is 13.7. The second-order valence-electron chi connectivity index (χ2n) is 5.24. The molecular formula is C16H27N3O2. The minimum Gasteiger partial charge on any atom is -0.374 e. The second-order valence-corrected chi connectivity index (χ2v) is 5.24. The summed E-state index contributed by atoms with van der Waals surface area (Å²) in [5.41, 5.74) is 1.46. The number of rotatable bonds is 8. The van der Waals surface area contributed by atoms with Gasteiger partial charge in [0.15, 0.2) is 0 Å². The molecule has 0 aromatic rings. The zero-order valence-corrected chi connectivity index (χ0v) is 13.7. The van der Waals surface area contributed by atoms with Crippen molar-refractivity contribution in [2.75, 3.05) is 20.6 Å². The standard InChI is InChI=1S/C16H27N3O2/c1-11(14(4)16(21)18-15(5)20)8-9-13(3)19(7)10-12(2)17-6/h8-9,12,14,17H,1,3,10H2,2,4-7H3,(H,18,20,21)/b9-8-. The SMILES string of the molecule is C=C(/C=C\C(=C)N(C)CC(C)NC)C(C)C(=O)NC(C)=O. The van der Waals surface area contributed by atoms with E-state index in [1.165, 1.54) is 6.92 Å². The van der Waals surface area contributed by atoms with E-state index in [0.29, 0.717) is 11.6 Å². The van der Waals surface area contributed by atoms with Crippen LogP contribution in [0.4, 0.5) is 0 Å². The van der Waals surface area contributed by atoms with Crippen LogP contribution in [-0.2, 0) is 9.59 Å². The summed E-state index contributed by atoms with van der Waals surface area (Å²) in [6.45, 7) is 13.8. The third-order valence-corrected chi connectivity index (χ3v) is 3.27. The molecule has 0 rings (SSSR count). The molecule has 2 unspecified atom stereocenters. The molecule has 2 atom stereocenters. The van der Waals surface area contributed by atoms with Crippen LogP contribution in [0.1, 0.15) is 20.8 Å². The minimum atomic E-state index is -0.459. The van der Waals surface area contributed by atoms with Crippen molar-refractivity contribution in [1.29, 1.82) is 0 Å². The van der Waals surface area contributed by atoms with Crippen LogP contribution in [0.25, 0.3) is 0 Å². The lowest BCUT2D eigenvalue weighted by atomic mass is 10.0. The lowest BCUT2D eigenvalue weighted by molar-refractivity contribution is -0.130. The van der Waals surface area contributed by atoms with Crippen molar-refractivity contribution in [1.82, 2.24) is 15.5 Å². The first kappa shape index (κ1) is 19.1. The highest BCUT2D eigenvalue weighted by Gasteiger charge is 2.15. The minimum absolute atomic E-state index is 0.347. The number of nitrogens with zero attached hydrogens (tertiary/aromatic N) is 1. The van der Waals surface area contributed by atoms with Gasteiger partial charge >= 0.3 is 0 Å². The average molecular weight is 293 g/mol. The van der Waals surface area contributed by atoms with E-state index in [-0.39, 0.29) is 11.8 Å². The molecule has 0 fully saturated rings. The molecule has 5 heteroatoms. The van der Waals surface area contributed by atoms with Gasteiger partial charge in [-0.1, -0.05) is 19.2 Å². The Morgan fingerprint density at radius 1 is 1.24 bits per heavy atom. The maximum Gasteiger partial charge on any atom is 0.233 e. The van der Waals surface area contributed by atoms with Crippen LogP contribution in [0.5, 0.6) is 0 Å². The fraction of sp³-hybridized carbons (Fsp3) is 0.500. The maximum absolute atomic E-state index is 11.7. The Balaban J connectivity index is 4.52. The van der Waals surface area contributed by atoms with Crippen LogP contribution in [0.2, 0.25) is 0 Å². The summed E-state index contributed by atoms with van der Waals surface area (Å²) in [7, 11) is 3.86. The van der Waals surface area contributed by atoms with E-state index in [4.69, 9.17) is 0 Å². The number of allylic oxidation sites excluding steroid dienone is 2. The smallest absolute Gasteiger partial charge is 0.233 e. The lowest BCUT2D eigenvalue weighted by Gasteiger charge is -2.23. The number of carbonyl (C=O) groups is 2. The Labute approximate surface area is 127 Å². The number of nitrogens with one attached hydrogen (secondary N) is 2. The molecule has 0 aromatic carbocycles. The van der Waals surface area contributed by atoms with Crippen LogP contribution in [0.15, 0.2) is 36.6 Å². The first-order valence-electron chi connectivity index (χ1n) is 6.94. The molecule has 0 bridgehead atoms. The van der Waals surface area contributed by atoms with Crippen LogP contribution in [-0.4, -0.2) is 43.4 Å². The molecule has 21 heavy (non-hydrogen) atoms. The summed E-state index contributed by atoms with van der Waals surface area (Å²) < 4.78 is 0. The maximum atomic E-state index is 11.7.